The molecule has 0 radical (unpaired) electrons. The number of benzene rings is 1. The molecule has 0 bridgehead atoms. The lowest BCUT2D eigenvalue weighted by Crippen LogP contribution is -2.38. The van der Waals surface area contributed by atoms with Crippen molar-refractivity contribution in [2.24, 2.45) is 0 Å². The SMILES string of the molecule is COc1ccc2cccnc2c1N1CCCN(C(CC(=O)NCCN2CCCC2)c2csc(C3CC3)n2)CC1. The summed E-state index contributed by atoms with van der Waals surface area (Å²) in [5.41, 5.74) is 3.11. The Kier molecular flexibility index (Phi) is 8.27. The maximum Gasteiger partial charge on any atom is 0.222 e. The monoisotopic (exact) mass is 548 g/mol. The van der Waals surface area contributed by atoms with Crippen LogP contribution in [0, 0.1) is 0 Å². The average Bonchev–Trinajstić information content (AvgIpc) is 3.55. The summed E-state index contributed by atoms with van der Waals surface area (Å²) in [6, 6.07) is 8.20. The van der Waals surface area contributed by atoms with Crippen LogP contribution in [0.3, 0.4) is 0 Å². The van der Waals surface area contributed by atoms with Gasteiger partial charge in [0.25, 0.3) is 0 Å². The predicted molar refractivity (Wildman–Crippen MR) is 157 cm³/mol. The molecule has 39 heavy (non-hydrogen) atoms. The molecule has 1 aromatic carbocycles. The van der Waals surface area contributed by atoms with Gasteiger partial charge in [-0.3, -0.25) is 14.7 Å². The van der Waals surface area contributed by atoms with Crippen LogP contribution in [-0.4, -0.2) is 85.1 Å². The highest BCUT2D eigenvalue weighted by Gasteiger charge is 2.32. The van der Waals surface area contributed by atoms with Crippen molar-refractivity contribution in [3.63, 3.8) is 0 Å². The van der Waals surface area contributed by atoms with E-state index in [9.17, 15) is 4.79 Å². The van der Waals surface area contributed by atoms with E-state index in [1.807, 2.05) is 18.3 Å². The van der Waals surface area contributed by atoms with Crippen LogP contribution in [0.25, 0.3) is 10.9 Å². The van der Waals surface area contributed by atoms with Gasteiger partial charge < -0.3 is 19.9 Å². The lowest BCUT2D eigenvalue weighted by molar-refractivity contribution is -0.122. The number of nitrogens with zero attached hydrogens (tertiary/aromatic N) is 5. The minimum absolute atomic E-state index is 0.00646. The van der Waals surface area contributed by atoms with Crippen LogP contribution in [0.2, 0.25) is 0 Å². The minimum Gasteiger partial charge on any atom is -0.494 e. The first-order valence-electron chi connectivity index (χ1n) is 14.5. The van der Waals surface area contributed by atoms with Gasteiger partial charge in [-0.05, 0) is 63.4 Å². The number of fused-ring (bicyclic) bond motifs is 1. The highest BCUT2D eigenvalue weighted by Crippen LogP contribution is 2.43. The molecule has 8 nitrogen and oxygen atoms in total. The second kappa shape index (κ2) is 12.2. The van der Waals surface area contributed by atoms with Crippen molar-refractivity contribution in [3.8, 4) is 5.75 Å². The van der Waals surface area contributed by atoms with E-state index < -0.39 is 0 Å². The second-order valence-electron chi connectivity index (χ2n) is 11.1. The molecule has 3 aliphatic rings. The number of likely N-dealkylation sites (tertiary alicyclic amines) is 1. The number of rotatable bonds is 10. The first-order valence-corrected chi connectivity index (χ1v) is 15.4. The summed E-state index contributed by atoms with van der Waals surface area (Å²) in [7, 11) is 1.73. The minimum atomic E-state index is -0.00646. The van der Waals surface area contributed by atoms with Crippen molar-refractivity contribution in [2.75, 3.05) is 64.4 Å². The molecule has 3 fully saturated rings. The fraction of sp³-hybridized carbons (Fsp3) is 0.567. The molecule has 6 rings (SSSR count). The molecule has 0 spiro atoms. The fourth-order valence-electron chi connectivity index (χ4n) is 6.05. The van der Waals surface area contributed by atoms with Crippen molar-refractivity contribution in [1.29, 1.82) is 0 Å². The van der Waals surface area contributed by atoms with Crippen molar-refractivity contribution < 1.29 is 9.53 Å². The lowest BCUT2D eigenvalue weighted by Gasteiger charge is -2.30. The largest absolute Gasteiger partial charge is 0.494 e. The van der Waals surface area contributed by atoms with Gasteiger partial charge in [-0.25, -0.2) is 4.98 Å². The highest BCUT2D eigenvalue weighted by atomic mass is 32.1. The fourth-order valence-corrected chi connectivity index (χ4v) is 7.09. The van der Waals surface area contributed by atoms with Crippen molar-refractivity contribution in [2.45, 2.75) is 50.5 Å². The lowest BCUT2D eigenvalue weighted by atomic mass is 10.1. The van der Waals surface area contributed by atoms with Gasteiger partial charge in [0, 0.05) is 68.6 Å². The zero-order valence-electron chi connectivity index (χ0n) is 23.0. The van der Waals surface area contributed by atoms with Gasteiger partial charge in [-0.15, -0.1) is 11.3 Å². The molecule has 2 aliphatic heterocycles. The topological polar surface area (TPSA) is 73.8 Å². The highest BCUT2D eigenvalue weighted by molar-refractivity contribution is 7.09. The first-order chi connectivity index (χ1) is 19.2. The molecule has 3 aromatic rings. The van der Waals surface area contributed by atoms with E-state index >= 15 is 0 Å². The molecule has 9 heteroatoms. The molecule has 208 valence electrons. The van der Waals surface area contributed by atoms with Crippen molar-refractivity contribution >= 4 is 33.8 Å². The van der Waals surface area contributed by atoms with E-state index in [4.69, 9.17) is 14.7 Å². The smallest absolute Gasteiger partial charge is 0.222 e. The molecule has 1 aliphatic carbocycles. The van der Waals surface area contributed by atoms with Gasteiger partial charge >= 0.3 is 0 Å². The van der Waals surface area contributed by atoms with Gasteiger partial charge in [0.05, 0.1) is 29.4 Å². The van der Waals surface area contributed by atoms with Gasteiger partial charge in [0.15, 0.2) is 0 Å². The second-order valence-corrected chi connectivity index (χ2v) is 12.0. The number of thiazole rings is 1. The van der Waals surface area contributed by atoms with Crippen LogP contribution >= 0.6 is 11.3 Å². The molecule has 1 unspecified atom stereocenters. The standard InChI is InChI=1S/C30H40N6O2S/c1-38-26-10-9-22-6-4-11-32-28(22)29(26)36-16-5-15-35(18-19-36)25(24-21-39-30(33-24)23-7-8-23)20-27(37)31-12-17-34-13-2-3-14-34/h4,6,9-11,21,23,25H,2-3,5,7-8,12-20H2,1H3,(H,31,37). The molecule has 1 atom stereocenters. The number of aromatic nitrogens is 2. The van der Waals surface area contributed by atoms with E-state index in [-0.39, 0.29) is 11.9 Å². The number of carbonyl (C=O) groups is 1. The molecule has 4 heterocycles. The Labute approximate surface area is 235 Å². The van der Waals surface area contributed by atoms with Gasteiger partial charge in [0.1, 0.15) is 11.4 Å². The van der Waals surface area contributed by atoms with Crippen LogP contribution < -0.4 is 15.0 Å². The molecule has 2 aromatic heterocycles. The van der Waals surface area contributed by atoms with E-state index in [1.54, 1.807) is 18.4 Å². The third kappa shape index (κ3) is 6.21. The van der Waals surface area contributed by atoms with Gasteiger partial charge in [-0.1, -0.05) is 6.07 Å². The number of pyridine rings is 1. The van der Waals surface area contributed by atoms with E-state index in [0.717, 1.165) is 86.8 Å². The summed E-state index contributed by atoms with van der Waals surface area (Å²) < 4.78 is 5.79. The number of ether oxygens (including phenoxy) is 1. The Balaban J connectivity index is 1.18. The Hall–Kier alpha value is -2.75. The molecular weight excluding hydrogens is 508 g/mol. The van der Waals surface area contributed by atoms with Crippen molar-refractivity contribution in [3.05, 3.63) is 46.5 Å². The number of nitrogens with one attached hydrogen (secondary N) is 1. The maximum absolute atomic E-state index is 13.2. The number of hydrogen-bond donors (Lipinski definition) is 1. The Morgan fingerprint density at radius 2 is 1.97 bits per heavy atom. The normalized spacial score (nSPS) is 19.8. The summed E-state index contributed by atoms with van der Waals surface area (Å²) in [6.07, 6.45) is 8.34. The summed E-state index contributed by atoms with van der Waals surface area (Å²) in [4.78, 5) is 30.3. The van der Waals surface area contributed by atoms with Crippen LogP contribution in [-0.2, 0) is 4.79 Å². The number of carbonyl (C=O) groups excluding carboxylic acids is 1. The number of methoxy groups -OCH3 is 1. The third-order valence-corrected chi connectivity index (χ3v) is 9.38. The molecular formula is C30H40N6O2S. The number of amides is 1. The summed E-state index contributed by atoms with van der Waals surface area (Å²) in [5.74, 6) is 1.61. The molecule has 2 saturated heterocycles. The van der Waals surface area contributed by atoms with Crippen LogP contribution in [0.5, 0.6) is 5.75 Å². The zero-order chi connectivity index (χ0) is 26.6. The first kappa shape index (κ1) is 26.5. The molecule has 1 saturated carbocycles. The predicted octanol–water partition coefficient (Wildman–Crippen LogP) is 4.43. The van der Waals surface area contributed by atoms with E-state index in [1.165, 1.54) is 30.7 Å². The molecule has 1 N–H and O–H groups in total. The molecule has 1 amide bonds. The average molecular weight is 549 g/mol. The summed E-state index contributed by atoms with van der Waals surface area (Å²) in [5, 5.41) is 7.78. The van der Waals surface area contributed by atoms with Gasteiger partial charge in [-0.2, -0.15) is 0 Å². The third-order valence-electron chi connectivity index (χ3n) is 8.35. The Bertz CT molecular complexity index is 1270. The van der Waals surface area contributed by atoms with E-state index in [2.05, 4.69) is 37.5 Å². The Morgan fingerprint density at radius 1 is 1.10 bits per heavy atom. The summed E-state index contributed by atoms with van der Waals surface area (Å²) >= 11 is 1.77. The van der Waals surface area contributed by atoms with E-state index in [0.29, 0.717) is 12.3 Å². The van der Waals surface area contributed by atoms with Crippen LogP contribution in [0.1, 0.15) is 61.2 Å². The quantitative estimate of drug-likeness (QED) is 0.402. The maximum atomic E-state index is 13.2. The number of anilines is 1. The Morgan fingerprint density at radius 3 is 2.79 bits per heavy atom. The van der Waals surface area contributed by atoms with Crippen LogP contribution in [0.15, 0.2) is 35.8 Å². The summed E-state index contributed by atoms with van der Waals surface area (Å²) in [6.45, 7) is 7.52. The zero-order valence-corrected chi connectivity index (χ0v) is 23.8. The van der Waals surface area contributed by atoms with Gasteiger partial charge in [0.2, 0.25) is 5.91 Å². The van der Waals surface area contributed by atoms with Crippen molar-refractivity contribution in [1.82, 2.24) is 25.1 Å². The van der Waals surface area contributed by atoms with Crippen LogP contribution in [0.4, 0.5) is 5.69 Å². The number of hydrogen-bond acceptors (Lipinski definition) is 8.